The number of rotatable bonds is 5. The molecule has 1 heterocycles. The number of hydrogen-bond donors (Lipinski definition) is 1. The molecule has 0 saturated heterocycles. The van der Waals surface area contributed by atoms with Gasteiger partial charge in [-0.1, -0.05) is 42.5 Å². The fraction of sp³-hybridized carbons (Fsp3) is 0.111. The average molecular weight is 406 g/mol. The molecule has 3 rings (SSSR count). The fourth-order valence-corrected chi connectivity index (χ4v) is 3.98. The van der Waals surface area contributed by atoms with Crippen LogP contribution in [-0.4, -0.2) is 37.7 Å². The van der Waals surface area contributed by atoms with E-state index in [1.807, 2.05) is 6.07 Å². The van der Waals surface area contributed by atoms with Crippen LogP contribution in [0.15, 0.2) is 66.2 Å². The van der Waals surface area contributed by atoms with Gasteiger partial charge in [0.1, 0.15) is 15.7 Å². The molecular weight excluding hydrogens is 389 g/mol. The second-order valence-electron chi connectivity index (χ2n) is 7.26. The fourth-order valence-electron chi connectivity index (χ4n) is 2.97. The molecule has 0 fully saturated rings. The van der Waals surface area contributed by atoms with Crippen molar-refractivity contribution in [3.8, 4) is 6.07 Å². The molecule has 7 nitrogen and oxygen atoms in total. The highest BCUT2D eigenvalue weighted by atomic mass is 32.2. The van der Waals surface area contributed by atoms with Crippen molar-refractivity contribution in [2.75, 3.05) is 0 Å². The van der Waals surface area contributed by atoms with Crippen LogP contribution in [0.2, 0.25) is 0 Å². The largest absolute Gasteiger partial charge is 0.467 e. The van der Waals surface area contributed by atoms with Gasteiger partial charge in [0.25, 0.3) is 0 Å². The first-order chi connectivity index (χ1) is 13.5. The lowest BCUT2D eigenvalue weighted by Gasteiger charge is -2.25. The van der Waals surface area contributed by atoms with Crippen LogP contribution in [0.3, 0.4) is 0 Å². The van der Waals surface area contributed by atoms with Gasteiger partial charge in [0, 0.05) is 0 Å². The molecule has 1 aliphatic rings. The lowest BCUT2D eigenvalue weighted by atomic mass is 9.65. The summed E-state index contributed by atoms with van der Waals surface area (Å²) in [5.41, 5.74) is 5.60. The standard InChI is InChI=1S/C18H17B3N2O5S/c19-17(12-8-6-11(10-22)7-9-12)15(24)14(16(23)27-17)28-29(25,26)18(20,21)13-4-2-1-3-5-13/h1-9H,19-21,23H2. The molecule has 0 saturated carbocycles. The molecule has 29 heavy (non-hydrogen) atoms. The third-order valence-electron chi connectivity index (χ3n) is 5.03. The van der Waals surface area contributed by atoms with Crippen LogP contribution in [0, 0.1) is 11.3 Å². The van der Waals surface area contributed by atoms with E-state index in [0.717, 1.165) is 0 Å². The average Bonchev–Trinajstić information content (AvgIpc) is 2.92. The molecule has 0 radical (unpaired) electrons. The normalized spacial score (nSPS) is 19.5. The number of nitrogens with zero attached hydrogens (tertiary/aromatic N) is 1. The summed E-state index contributed by atoms with van der Waals surface area (Å²) < 4.78 is 35.3. The van der Waals surface area contributed by atoms with Crippen LogP contribution in [0.25, 0.3) is 0 Å². The van der Waals surface area contributed by atoms with Gasteiger partial charge in [-0.15, -0.1) is 0 Å². The molecular formula is C18H17B3N2O5S. The smallest absolute Gasteiger partial charge is 0.304 e. The zero-order valence-electron chi connectivity index (χ0n) is 16.2. The van der Waals surface area contributed by atoms with E-state index >= 15 is 0 Å². The van der Waals surface area contributed by atoms with Crippen molar-refractivity contribution in [2.24, 2.45) is 5.73 Å². The van der Waals surface area contributed by atoms with E-state index in [1.165, 1.54) is 35.7 Å². The third-order valence-corrected chi connectivity index (χ3v) is 6.90. The summed E-state index contributed by atoms with van der Waals surface area (Å²) >= 11 is 0. The van der Waals surface area contributed by atoms with Gasteiger partial charge in [0.15, 0.2) is 13.3 Å². The number of ketones is 1. The summed E-state index contributed by atoms with van der Waals surface area (Å²) in [7, 11) is 0.142. The first-order valence-corrected chi connectivity index (χ1v) is 10.2. The molecule has 2 aromatic rings. The molecule has 2 N–H and O–H groups in total. The Hall–Kier alpha value is -3.12. The van der Waals surface area contributed by atoms with E-state index in [0.29, 0.717) is 16.7 Å². The zero-order chi connectivity index (χ0) is 21.4. The van der Waals surface area contributed by atoms with Crippen molar-refractivity contribution >= 4 is 39.4 Å². The van der Waals surface area contributed by atoms with E-state index in [2.05, 4.69) is 0 Å². The van der Waals surface area contributed by atoms with Gasteiger partial charge >= 0.3 is 10.1 Å². The van der Waals surface area contributed by atoms with E-state index < -0.39 is 37.6 Å². The topological polar surface area (TPSA) is 119 Å². The SMILES string of the molecule is BC1(c2ccc(C#N)cc2)OC(N)=C(OS(=O)(=O)C(B)(B)c2ccccc2)C1=O. The third kappa shape index (κ3) is 3.40. The minimum Gasteiger partial charge on any atom is -0.467 e. The Morgan fingerprint density at radius 2 is 1.69 bits per heavy atom. The summed E-state index contributed by atoms with van der Waals surface area (Å²) in [6, 6.07) is 16.7. The Labute approximate surface area is 171 Å². The van der Waals surface area contributed by atoms with Gasteiger partial charge in [-0.3, -0.25) is 4.79 Å². The van der Waals surface area contributed by atoms with E-state index in [1.54, 1.807) is 42.5 Å². The number of benzene rings is 2. The molecule has 0 amide bonds. The van der Waals surface area contributed by atoms with Gasteiger partial charge in [0.2, 0.25) is 17.4 Å². The Balaban J connectivity index is 1.92. The van der Waals surface area contributed by atoms with Crippen LogP contribution in [0.5, 0.6) is 0 Å². The molecule has 144 valence electrons. The highest BCUT2D eigenvalue weighted by Crippen LogP contribution is 2.37. The minimum absolute atomic E-state index is 0.408. The first kappa shape index (κ1) is 20.6. The quantitative estimate of drug-likeness (QED) is 0.474. The van der Waals surface area contributed by atoms with Crippen molar-refractivity contribution in [2.45, 2.75) is 10.0 Å². The highest BCUT2D eigenvalue weighted by Gasteiger charge is 2.50. The van der Waals surface area contributed by atoms with Crippen molar-refractivity contribution in [3.63, 3.8) is 0 Å². The van der Waals surface area contributed by atoms with Gasteiger partial charge < -0.3 is 14.7 Å². The van der Waals surface area contributed by atoms with Gasteiger partial charge in [0.05, 0.1) is 16.2 Å². The number of nitriles is 1. The maximum absolute atomic E-state index is 13.0. The van der Waals surface area contributed by atoms with Crippen molar-refractivity contribution in [1.29, 1.82) is 5.26 Å². The second-order valence-corrected chi connectivity index (χ2v) is 9.36. The Morgan fingerprint density at radius 1 is 1.10 bits per heavy atom. The van der Waals surface area contributed by atoms with Crippen LogP contribution in [0.4, 0.5) is 0 Å². The molecule has 0 bridgehead atoms. The zero-order valence-corrected chi connectivity index (χ0v) is 17.0. The number of Topliss-reactive ketones (excluding diaryl/α,β-unsaturated/α-hetero) is 1. The summed E-state index contributed by atoms with van der Waals surface area (Å²) in [5, 5.41) is 8.93. The molecule has 1 unspecified atom stereocenters. The predicted molar refractivity (Wildman–Crippen MR) is 114 cm³/mol. The first-order valence-electron chi connectivity index (χ1n) is 8.76. The van der Waals surface area contributed by atoms with Crippen molar-refractivity contribution < 1.29 is 22.1 Å². The summed E-state index contributed by atoms with van der Waals surface area (Å²) in [6.07, 6.45) is 0. The lowest BCUT2D eigenvalue weighted by Crippen LogP contribution is -2.40. The number of nitrogens with two attached hydrogens (primary N) is 1. The molecule has 11 heteroatoms. The van der Waals surface area contributed by atoms with Crippen LogP contribution in [-0.2, 0) is 33.9 Å². The monoisotopic (exact) mass is 406 g/mol. The van der Waals surface area contributed by atoms with E-state index in [-0.39, 0.29) is 0 Å². The number of carbonyl (C=O) groups excluding carboxylic acids is 1. The van der Waals surface area contributed by atoms with Gasteiger partial charge in [-0.05, 0) is 23.3 Å². The maximum atomic E-state index is 13.0. The summed E-state index contributed by atoms with van der Waals surface area (Å²) in [5.74, 6) is -1.68. The van der Waals surface area contributed by atoms with Gasteiger partial charge in [-0.25, -0.2) is 0 Å². The van der Waals surface area contributed by atoms with E-state index in [9.17, 15) is 13.2 Å². The lowest BCUT2D eigenvalue weighted by molar-refractivity contribution is -0.126. The predicted octanol–water partition coefficient (Wildman–Crippen LogP) is -1.51. The van der Waals surface area contributed by atoms with E-state index in [4.69, 9.17) is 19.9 Å². The second kappa shape index (κ2) is 7.05. The maximum Gasteiger partial charge on any atom is 0.304 e. The van der Waals surface area contributed by atoms with Crippen LogP contribution >= 0.6 is 0 Å². The molecule has 2 aromatic carbocycles. The Morgan fingerprint density at radius 3 is 2.24 bits per heavy atom. The molecule has 0 aliphatic carbocycles. The van der Waals surface area contributed by atoms with Crippen LogP contribution < -0.4 is 5.73 Å². The molecule has 0 spiro atoms. The molecule has 1 atom stereocenters. The molecule has 1 aliphatic heterocycles. The summed E-state index contributed by atoms with van der Waals surface area (Å²) in [6.45, 7) is 0. The van der Waals surface area contributed by atoms with Crippen molar-refractivity contribution in [3.05, 3.63) is 82.9 Å². The van der Waals surface area contributed by atoms with Gasteiger partial charge in [-0.2, -0.15) is 13.7 Å². The number of carbonyl (C=O) groups is 1. The minimum atomic E-state index is -4.29. The Kier molecular flexibility index (Phi) is 5.01. The highest BCUT2D eigenvalue weighted by molar-refractivity contribution is 7.90. The summed E-state index contributed by atoms with van der Waals surface area (Å²) in [4.78, 5) is 13.0. The Bertz CT molecular complexity index is 1140. The van der Waals surface area contributed by atoms with Crippen LogP contribution in [0.1, 0.15) is 16.7 Å². The number of ether oxygens (including phenoxy) is 1. The molecule has 0 aromatic heterocycles. The number of hydrogen-bond acceptors (Lipinski definition) is 7. The van der Waals surface area contributed by atoms with Crippen molar-refractivity contribution in [1.82, 2.24) is 0 Å².